The molecule has 1 unspecified atom stereocenters. The summed E-state index contributed by atoms with van der Waals surface area (Å²) in [6.07, 6.45) is 0. The van der Waals surface area contributed by atoms with Gasteiger partial charge in [0.05, 0.1) is 10.0 Å². The van der Waals surface area contributed by atoms with Crippen LogP contribution in [0.2, 0.25) is 10.0 Å². The van der Waals surface area contributed by atoms with Gasteiger partial charge in [-0.15, -0.1) is 0 Å². The molecule has 3 aromatic carbocycles. The topological polar surface area (TPSA) is 55.1 Å². The molecule has 4 rings (SSSR count). The van der Waals surface area contributed by atoms with E-state index in [1.165, 1.54) is 11.1 Å². The number of nitrogens with two attached hydrogens (primary N) is 1. The number of carbonyl (C=O) groups is 1. The molecule has 3 nitrogen and oxygen atoms in total. The van der Waals surface area contributed by atoms with Crippen molar-refractivity contribution in [3.05, 3.63) is 93.0 Å². The molecule has 1 aliphatic heterocycles. The zero-order valence-electron chi connectivity index (χ0n) is 14.5. The van der Waals surface area contributed by atoms with E-state index in [9.17, 15) is 4.79 Å². The number of primary amides is 1. The van der Waals surface area contributed by atoms with Crippen LogP contribution in [0.15, 0.2) is 60.7 Å². The average Bonchev–Trinajstić information content (AvgIpc) is 2.69. The molecule has 3 aromatic rings. The van der Waals surface area contributed by atoms with Crippen molar-refractivity contribution in [3.63, 3.8) is 0 Å². The number of nitrogens with one attached hydrogen (secondary N) is 1. The highest BCUT2D eigenvalue weighted by Gasteiger charge is 2.23. The molecule has 0 bridgehead atoms. The summed E-state index contributed by atoms with van der Waals surface area (Å²) >= 11 is 12.3. The second-order valence-corrected chi connectivity index (χ2v) is 7.49. The number of hydrogen-bond donors (Lipinski definition) is 2. The van der Waals surface area contributed by atoms with Crippen molar-refractivity contribution in [3.8, 4) is 11.1 Å². The Kier molecular flexibility index (Phi) is 4.92. The van der Waals surface area contributed by atoms with Crippen molar-refractivity contribution in [2.24, 2.45) is 5.73 Å². The first-order valence-electron chi connectivity index (χ1n) is 8.72. The molecule has 0 aromatic heterocycles. The molecule has 0 spiro atoms. The van der Waals surface area contributed by atoms with Gasteiger partial charge in [-0.05, 0) is 52.1 Å². The molecule has 1 amide bonds. The third-order valence-corrected chi connectivity index (χ3v) is 5.77. The molecule has 0 radical (unpaired) electrons. The number of rotatable bonds is 3. The van der Waals surface area contributed by atoms with Crippen LogP contribution in [0.5, 0.6) is 0 Å². The van der Waals surface area contributed by atoms with Crippen LogP contribution in [0, 0.1) is 0 Å². The third kappa shape index (κ3) is 3.46. The number of benzene rings is 3. The van der Waals surface area contributed by atoms with Gasteiger partial charge in [-0.3, -0.25) is 4.79 Å². The van der Waals surface area contributed by atoms with Crippen molar-refractivity contribution in [1.29, 1.82) is 0 Å². The van der Waals surface area contributed by atoms with Gasteiger partial charge in [-0.25, -0.2) is 0 Å². The quantitative estimate of drug-likeness (QED) is 0.654. The number of fused-ring (bicyclic) bond motifs is 1. The standard InChI is InChI=1S/C22H18Cl2N2O/c23-20-8-6-14(10-21(20)24)19-12-26-11-15-9-13(5-7-17(15)19)16-3-1-2-4-18(16)22(25)27/h1-10,19,26H,11-12H2,(H2,25,27). The summed E-state index contributed by atoms with van der Waals surface area (Å²) in [6.45, 7) is 1.61. The highest BCUT2D eigenvalue weighted by atomic mass is 35.5. The summed E-state index contributed by atoms with van der Waals surface area (Å²) in [5, 5.41) is 4.59. The van der Waals surface area contributed by atoms with Crippen LogP contribution >= 0.6 is 23.2 Å². The van der Waals surface area contributed by atoms with Crippen LogP contribution < -0.4 is 11.1 Å². The van der Waals surface area contributed by atoms with Gasteiger partial charge in [0.15, 0.2) is 0 Å². The van der Waals surface area contributed by atoms with Crippen LogP contribution in [0.1, 0.15) is 33.0 Å². The fourth-order valence-electron chi connectivity index (χ4n) is 3.70. The maximum absolute atomic E-state index is 11.8. The van der Waals surface area contributed by atoms with Crippen LogP contribution in [0.4, 0.5) is 0 Å². The molecule has 0 saturated heterocycles. The number of halogens is 2. The van der Waals surface area contributed by atoms with Gasteiger partial charge in [-0.1, -0.05) is 59.6 Å². The molecule has 3 N–H and O–H groups in total. The molecule has 0 aliphatic carbocycles. The summed E-state index contributed by atoms with van der Waals surface area (Å²) in [6, 6.07) is 19.5. The minimum atomic E-state index is -0.421. The van der Waals surface area contributed by atoms with E-state index in [2.05, 4.69) is 23.5 Å². The minimum Gasteiger partial charge on any atom is -0.366 e. The SMILES string of the molecule is NC(=O)c1ccccc1-c1ccc2c(c1)CNCC2c1ccc(Cl)c(Cl)c1. The lowest BCUT2D eigenvalue weighted by Crippen LogP contribution is -2.28. The van der Waals surface area contributed by atoms with Gasteiger partial charge in [0, 0.05) is 24.6 Å². The smallest absolute Gasteiger partial charge is 0.249 e. The van der Waals surface area contributed by atoms with Gasteiger partial charge >= 0.3 is 0 Å². The highest BCUT2D eigenvalue weighted by Crippen LogP contribution is 2.35. The summed E-state index contributed by atoms with van der Waals surface area (Å²) < 4.78 is 0. The van der Waals surface area contributed by atoms with Crippen molar-refractivity contribution in [2.75, 3.05) is 6.54 Å². The lowest BCUT2D eigenvalue weighted by molar-refractivity contribution is 0.100. The summed E-state index contributed by atoms with van der Waals surface area (Å²) in [5.41, 5.74) is 11.5. The van der Waals surface area contributed by atoms with Crippen molar-refractivity contribution >= 4 is 29.1 Å². The van der Waals surface area contributed by atoms with Crippen molar-refractivity contribution < 1.29 is 4.79 Å². The molecule has 0 saturated carbocycles. The lowest BCUT2D eigenvalue weighted by Gasteiger charge is -2.28. The molecule has 1 aliphatic rings. The third-order valence-electron chi connectivity index (χ3n) is 5.03. The van der Waals surface area contributed by atoms with Crippen LogP contribution in [0.25, 0.3) is 11.1 Å². The van der Waals surface area contributed by atoms with Crippen molar-refractivity contribution in [2.45, 2.75) is 12.5 Å². The normalized spacial score (nSPS) is 16.0. The van der Waals surface area contributed by atoms with Gasteiger partial charge in [0.1, 0.15) is 0 Å². The van der Waals surface area contributed by atoms with E-state index in [4.69, 9.17) is 28.9 Å². The van der Waals surface area contributed by atoms with E-state index in [0.29, 0.717) is 15.6 Å². The Labute approximate surface area is 168 Å². The Balaban J connectivity index is 1.77. The largest absolute Gasteiger partial charge is 0.366 e. The number of carbonyl (C=O) groups excluding carboxylic acids is 1. The van der Waals surface area contributed by atoms with Gasteiger partial charge < -0.3 is 11.1 Å². The van der Waals surface area contributed by atoms with Crippen LogP contribution in [-0.4, -0.2) is 12.5 Å². The minimum absolute atomic E-state index is 0.198. The summed E-state index contributed by atoms with van der Waals surface area (Å²) in [7, 11) is 0. The zero-order valence-corrected chi connectivity index (χ0v) is 16.0. The first-order valence-corrected chi connectivity index (χ1v) is 9.48. The predicted molar refractivity (Wildman–Crippen MR) is 110 cm³/mol. The molecular formula is C22H18Cl2N2O. The fraction of sp³-hybridized carbons (Fsp3) is 0.136. The lowest BCUT2D eigenvalue weighted by atomic mass is 9.84. The second-order valence-electron chi connectivity index (χ2n) is 6.68. The zero-order chi connectivity index (χ0) is 19.0. The monoisotopic (exact) mass is 396 g/mol. The maximum atomic E-state index is 11.8. The van der Waals surface area contributed by atoms with Crippen molar-refractivity contribution in [1.82, 2.24) is 5.32 Å². The van der Waals surface area contributed by atoms with Gasteiger partial charge in [0.25, 0.3) is 0 Å². The van der Waals surface area contributed by atoms with Gasteiger partial charge in [-0.2, -0.15) is 0 Å². The first-order chi connectivity index (χ1) is 13.0. The van der Waals surface area contributed by atoms with Crippen LogP contribution in [-0.2, 0) is 6.54 Å². The average molecular weight is 397 g/mol. The Hall–Kier alpha value is -2.33. The molecule has 1 heterocycles. The molecule has 5 heteroatoms. The first kappa shape index (κ1) is 18.1. The molecule has 0 fully saturated rings. The number of hydrogen-bond acceptors (Lipinski definition) is 2. The molecule has 136 valence electrons. The Morgan fingerprint density at radius 2 is 1.81 bits per heavy atom. The molecule has 27 heavy (non-hydrogen) atoms. The summed E-state index contributed by atoms with van der Waals surface area (Å²) in [4.78, 5) is 11.8. The Morgan fingerprint density at radius 3 is 2.59 bits per heavy atom. The van der Waals surface area contributed by atoms with E-state index in [-0.39, 0.29) is 5.92 Å². The van der Waals surface area contributed by atoms with E-state index in [1.807, 2.05) is 36.4 Å². The predicted octanol–water partition coefficient (Wildman–Crippen LogP) is 4.99. The van der Waals surface area contributed by atoms with E-state index in [1.54, 1.807) is 6.07 Å². The van der Waals surface area contributed by atoms with E-state index >= 15 is 0 Å². The Bertz CT molecular complexity index is 1030. The van der Waals surface area contributed by atoms with Gasteiger partial charge in [0.2, 0.25) is 5.91 Å². The summed E-state index contributed by atoms with van der Waals surface area (Å²) in [5.74, 6) is -0.223. The Morgan fingerprint density at radius 1 is 1.00 bits per heavy atom. The highest BCUT2D eigenvalue weighted by molar-refractivity contribution is 6.42. The number of amides is 1. The van der Waals surface area contributed by atoms with E-state index < -0.39 is 5.91 Å². The van der Waals surface area contributed by atoms with E-state index in [0.717, 1.165) is 29.8 Å². The molecular weight excluding hydrogens is 379 g/mol. The fourth-order valence-corrected chi connectivity index (χ4v) is 4.01. The second kappa shape index (κ2) is 7.35. The molecule has 1 atom stereocenters. The maximum Gasteiger partial charge on any atom is 0.249 e. The van der Waals surface area contributed by atoms with Crippen LogP contribution in [0.3, 0.4) is 0 Å².